The molecule has 0 fully saturated rings. The van der Waals surface area contributed by atoms with Crippen molar-refractivity contribution in [1.82, 2.24) is 0 Å². The number of hydrogen-bond donors (Lipinski definition) is 1. The molecule has 0 heterocycles. The lowest BCUT2D eigenvalue weighted by Crippen LogP contribution is -2.13. The van der Waals surface area contributed by atoms with Crippen LogP contribution in [0.2, 0.25) is 0 Å². The largest absolute Gasteiger partial charge is 0.378 e. The minimum absolute atomic E-state index is 0.369. The van der Waals surface area contributed by atoms with Gasteiger partial charge in [-0.1, -0.05) is 70.2 Å². The van der Waals surface area contributed by atoms with Crippen molar-refractivity contribution in [3.63, 3.8) is 0 Å². The number of anilines is 1. The molecule has 0 saturated carbocycles. The Hall–Kier alpha value is -1.76. The number of nitrogens with one attached hydrogen (secondary N) is 1. The highest BCUT2D eigenvalue weighted by Crippen LogP contribution is 2.27. The molecule has 1 atom stereocenters. The van der Waals surface area contributed by atoms with Crippen LogP contribution in [0.5, 0.6) is 0 Å². The Morgan fingerprint density at radius 3 is 2.10 bits per heavy atom. The first-order valence-corrected chi connectivity index (χ1v) is 7.97. The maximum atomic E-state index is 3.72. The van der Waals surface area contributed by atoms with Crippen LogP contribution in [0, 0.1) is 5.92 Å². The smallest absolute Gasteiger partial charge is 0.0516 e. The molecule has 1 heteroatoms. The van der Waals surface area contributed by atoms with E-state index in [0.29, 0.717) is 17.9 Å². The number of benzene rings is 2. The third kappa shape index (κ3) is 4.63. The molecule has 0 spiro atoms. The van der Waals surface area contributed by atoms with E-state index in [9.17, 15) is 0 Å². The highest BCUT2D eigenvalue weighted by molar-refractivity contribution is 5.48. The highest BCUT2D eigenvalue weighted by Gasteiger charge is 2.13. The van der Waals surface area contributed by atoms with Crippen LogP contribution in [-0.2, 0) is 0 Å². The van der Waals surface area contributed by atoms with Gasteiger partial charge in [0, 0.05) is 5.69 Å². The average Bonchev–Trinajstić information content (AvgIpc) is 2.47. The van der Waals surface area contributed by atoms with Crippen LogP contribution in [0.3, 0.4) is 0 Å². The predicted molar refractivity (Wildman–Crippen MR) is 92.8 cm³/mol. The first-order valence-electron chi connectivity index (χ1n) is 7.97. The first-order chi connectivity index (χ1) is 10.1. The Bertz CT molecular complexity index is 543. The summed E-state index contributed by atoms with van der Waals surface area (Å²) in [6.07, 6.45) is 1.13. The van der Waals surface area contributed by atoms with Gasteiger partial charge in [-0.3, -0.25) is 0 Å². The number of hydrogen-bond acceptors (Lipinski definition) is 1. The molecule has 0 aliphatic carbocycles. The molecule has 1 N–H and O–H groups in total. The zero-order chi connectivity index (χ0) is 15.2. The summed E-state index contributed by atoms with van der Waals surface area (Å²) < 4.78 is 0. The van der Waals surface area contributed by atoms with Crippen molar-refractivity contribution in [2.45, 2.75) is 46.1 Å². The van der Waals surface area contributed by atoms with E-state index in [1.54, 1.807) is 0 Å². The maximum Gasteiger partial charge on any atom is 0.0516 e. The van der Waals surface area contributed by atoms with Gasteiger partial charge in [-0.2, -0.15) is 0 Å². The van der Waals surface area contributed by atoms with Gasteiger partial charge in [0.25, 0.3) is 0 Å². The van der Waals surface area contributed by atoms with Crippen molar-refractivity contribution in [2.24, 2.45) is 5.92 Å². The van der Waals surface area contributed by atoms with E-state index in [1.807, 2.05) is 0 Å². The fraction of sp³-hybridized carbons (Fsp3) is 0.400. The van der Waals surface area contributed by atoms with Gasteiger partial charge in [-0.05, 0) is 41.5 Å². The van der Waals surface area contributed by atoms with Crippen molar-refractivity contribution in [1.29, 1.82) is 0 Å². The Labute approximate surface area is 129 Å². The summed E-state index contributed by atoms with van der Waals surface area (Å²) in [6.45, 7) is 9.04. The van der Waals surface area contributed by atoms with E-state index in [0.717, 1.165) is 6.42 Å². The topological polar surface area (TPSA) is 12.0 Å². The molecule has 112 valence electrons. The lowest BCUT2D eigenvalue weighted by Gasteiger charge is -2.23. The maximum absolute atomic E-state index is 3.72. The lowest BCUT2D eigenvalue weighted by atomic mass is 9.96. The quantitative estimate of drug-likeness (QED) is 0.683. The Kier molecular flexibility index (Phi) is 5.44. The molecule has 2 rings (SSSR count). The molecule has 21 heavy (non-hydrogen) atoms. The van der Waals surface area contributed by atoms with Crippen LogP contribution in [0.4, 0.5) is 5.69 Å². The van der Waals surface area contributed by atoms with Crippen molar-refractivity contribution < 1.29 is 0 Å². The molecular formula is C20H27N. The third-order valence-corrected chi connectivity index (χ3v) is 3.80. The molecule has 0 aromatic heterocycles. The minimum atomic E-state index is 0.369. The van der Waals surface area contributed by atoms with Crippen molar-refractivity contribution >= 4 is 5.69 Å². The Morgan fingerprint density at radius 1 is 0.810 bits per heavy atom. The molecule has 0 bridgehead atoms. The van der Waals surface area contributed by atoms with Gasteiger partial charge >= 0.3 is 0 Å². The van der Waals surface area contributed by atoms with E-state index in [1.165, 1.54) is 16.8 Å². The molecule has 0 amide bonds. The fourth-order valence-corrected chi connectivity index (χ4v) is 2.62. The molecule has 2 aromatic carbocycles. The molecule has 2 aromatic rings. The second kappa shape index (κ2) is 7.31. The van der Waals surface area contributed by atoms with Crippen LogP contribution >= 0.6 is 0 Å². The van der Waals surface area contributed by atoms with Gasteiger partial charge in [0.2, 0.25) is 0 Å². The Balaban J connectivity index is 2.21. The van der Waals surface area contributed by atoms with Gasteiger partial charge in [0.1, 0.15) is 0 Å². The zero-order valence-corrected chi connectivity index (χ0v) is 13.6. The zero-order valence-electron chi connectivity index (χ0n) is 13.6. The Morgan fingerprint density at radius 2 is 1.48 bits per heavy atom. The number of rotatable bonds is 6. The van der Waals surface area contributed by atoms with E-state index < -0.39 is 0 Å². The summed E-state index contributed by atoms with van der Waals surface area (Å²) in [5.41, 5.74) is 3.97. The third-order valence-electron chi connectivity index (χ3n) is 3.80. The van der Waals surface area contributed by atoms with Gasteiger partial charge in [-0.25, -0.2) is 0 Å². The molecule has 0 saturated heterocycles. The average molecular weight is 281 g/mol. The van der Waals surface area contributed by atoms with E-state index >= 15 is 0 Å². The normalized spacial score (nSPS) is 12.7. The molecule has 1 nitrogen and oxygen atoms in total. The second-order valence-corrected chi connectivity index (χ2v) is 6.52. The van der Waals surface area contributed by atoms with E-state index in [4.69, 9.17) is 0 Å². The van der Waals surface area contributed by atoms with Gasteiger partial charge < -0.3 is 5.32 Å². The minimum Gasteiger partial charge on any atom is -0.378 e. The lowest BCUT2D eigenvalue weighted by molar-refractivity contribution is 0.531. The summed E-state index contributed by atoms with van der Waals surface area (Å²) in [5.74, 6) is 1.23. The first kappa shape index (κ1) is 15.6. The van der Waals surface area contributed by atoms with Crippen LogP contribution in [-0.4, -0.2) is 0 Å². The van der Waals surface area contributed by atoms with E-state index in [2.05, 4.69) is 87.6 Å². The standard InChI is InChI=1S/C20H27N/c1-15(2)13-20(17-9-6-5-7-10-17)21-19-12-8-11-18(14-19)16(3)4/h5-12,14-16,20-21H,13H2,1-4H3. The molecule has 1 unspecified atom stereocenters. The van der Waals surface area contributed by atoms with E-state index in [-0.39, 0.29) is 0 Å². The van der Waals surface area contributed by atoms with Crippen molar-refractivity contribution in [3.05, 3.63) is 65.7 Å². The highest BCUT2D eigenvalue weighted by atomic mass is 14.9. The summed E-state index contributed by atoms with van der Waals surface area (Å²) in [4.78, 5) is 0. The molecular weight excluding hydrogens is 254 g/mol. The summed E-state index contributed by atoms with van der Waals surface area (Å²) >= 11 is 0. The summed E-state index contributed by atoms with van der Waals surface area (Å²) in [5, 5.41) is 3.72. The van der Waals surface area contributed by atoms with Crippen LogP contribution in [0.1, 0.15) is 57.2 Å². The van der Waals surface area contributed by atoms with Crippen LogP contribution in [0.25, 0.3) is 0 Å². The SMILES string of the molecule is CC(C)CC(Nc1cccc(C(C)C)c1)c1ccccc1. The van der Waals surface area contributed by atoms with Gasteiger partial charge in [-0.15, -0.1) is 0 Å². The van der Waals surface area contributed by atoms with Gasteiger partial charge in [0.05, 0.1) is 6.04 Å². The van der Waals surface area contributed by atoms with Crippen LogP contribution in [0.15, 0.2) is 54.6 Å². The summed E-state index contributed by atoms with van der Waals surface area (Å²) in [7, 11) is 0. The monoisotopic (exact) mass is 281 g/mol. The van der Waals surface area contributed by atoms with Crippen LogP contribution < -0.4 is 5.32 Å². The van der Waals surface area contributed by atoms with Crippen molar-refractivity contribution in [3.8, 4) is 0 Å². The molecule has 0 aliphatic rings. The van der Waals surface area contributed by atoms with Crippen molar-refractivity contribution in [2.75, 3.05) is 5.32 Å². The molecule has 0 radical (unpaired) electrons. The predicted octanol–water partition coefficient (Wildman–Crippen LogP) is 6.01. The summed E-state index contributed by atoms with van der Waals surface area (Å²) in [6, 6.07) is 19.9. The molecule has 0 aliphatic heterocycles. The fourth-order valence-electron chi connectivity index (χ4n) is 2.62. The second-order valence-electron chi connectivity index (χ2n) is 6.52. The van der Waals surface area contributed by atoms with Gasteiger partial charge in [0.15, 0.2) is 0 Å².